The fourth-order valence-corrected chi connectivity index (χ4v) is 2.45. The van der Waals surface area contributed by atoms with Crippen molar-refractivity contribution in [2.45, 2.75) is 32.2 Å². The lowest BCUT2D eigenvalue weighted by atomic mass is 9.76. The molecule has 1 saturated carbocycles. The molecule has 0 heterocycles. The fourth-order valence-electron chi connectivity index (χ4n) is 2.45. The molecule has 0 saturated heterocycles. The molecular weight excluding hydrogens is 230 g/mol. The molecule has 1 aliphatic rings. The third-order valence-electron chi connectivity index (χ3n) is 3.93. The Morgan fingerprint density at radius 2 is 1.83 bits per heavy atom. The molecular formula is C13H25N3O2. The largest absolute Gasteiger partial charge is 0.347 e. The second-order valence-electron chi connectivity index (χ2n) is 5.54. The summed E-state index contributed by atoms with van der Waals surface area (Å²) in [5.74, 6) is 0.156. The van der Waals surface area contributed by atoms with Gasteiger partial charge in [-0.3, -0.25) is 9.59 Å². The standard InChI is InChI=1S/C13H25N3O2/c1-9-10(6-5-7-11(9)14)13(18)16(4)8-12(17)15(2)3/h9-11H,5-8,14H2,1-4H3. The van der Waals surface area contributed by atoms with Gasteiger partial charge in [0.15, 0.2) is 0 Å². The smallest absolute Gasteiger partial charge is 0.241 e. The molecule has 1 rings (SSSR count). The molecule has 1 aliphatic carbocycles. The van der Waals surface area contributed by atoms with Crippen LogP contribution in [0.5, 0.6) is 0 Å². The number of carbonyl (C=O) groups excluding carboxylic acids is 2. The first-order valence-electron chi connectivity index (χ1n) is 6.55. The van der Waals surface area contributed by atoms with Crippen molar-refractivity contribution in [2.24, 2.45) is 17.6 Å². The van der Waals surface area contributed by atoms with Crippen molar-refractivity contribution in [3.63, 3.8) is 0 Å². The number of hydrogen-bond acceptors (Lipinski definition) is 3. The molecule has 5 nitrogen and oxygen atoms in total. The minimum Gasteiger partial charge on any atom is -0.347 e. The summed E-state index contributed by atoms with van der Waals surface area (Å²) in [6.45, 7) is 2.18. The minimum absolute atomic E-state index is 0.0336. The summed E-state index contributed by atoms with van der Waals surface area (Å²) in [5.41, 5.74) is 6.01. The van der Waals surface area contributed by atoms with Crippen LogP contribution in [-0.2, 0) is 9.59 Å². The van der Waals surface area contributed by atoms with E-state index in [0.717, 1.165) is 19.3 Å². The van der Waals surface area contributed by atoms with Crippen molar-refractivity contribution >= 4 is 11.8 Å². The van der Waals surface area contributed by atoms with Gasteiger partial charge < -0.3 is 15.5 Å². The quantitative estimate of drug-likeness (QED) is 0.788. The van der Waals surface area contributed by atoms with Crippen LogP contribution in [-0.4, -0.2) is 55.3 Å². The van der Waals surface area contributed by atoms with Crippen molar-refractivity contribution in [3.05, 3.63) is 0 Å². The zero-order valence-electron chi connectivity index (χ0n) is 11.8. The summed E-state index contributed by atoms with van der Waals surface area (Å²) in [6.07, 6.45) is 2.87. The number of hydrogen-bond donors (Lipinski definition) is 1. The lowest BCUT2D eigenvalue weighted by Gasteiger charge is -2.35. The third kappa shape index (κ3) is 3.45. The van der Waals surface area contributed by atoms with Gasteiger partial charge >= 0.3 is 0 Å². The van der Waals surface area contributed by atoms with Crippen LogP contribution in [0.2, 0.25) is 0 Å². The van der Waals surface area contributed by atoms with Gasteiger partial charge in [0.05, 0.1) is 6.54 Å². The zero-order valence-corrected chi connectivity index (χ0v) is 11.8. The van der Waals surface area contributed by atoms with Crippen LogP contribution in [0.1, 0.15) is 26.2 Å². The van der Waals surface area contributed by atoms with E-state index in [1.54, 1.807) is 21.1 Å². The molecule has 0 radical (unpaired) electrons. The van der Waals surface area contributed by atoms with Gasteiger partial charge in [0.2, 0.25) is 11.8 Å². The average molecular weight is 255 g/mol. The summed E-state index contributed by atoms with van der Waals surface area (Å²) < 4.78 is 0. The maximum absolute atomic E-state index is 12.3. The Kier molecular flexibility index (Phi) is 5.14. The molecule has 18 heavy (non-hydrogen) atoms. The van der Waals surface area contributed by atoms with E-state index in [4.69, 9.17) is 5.73 Å². The number of carbonyl (C=O) groups is 2. The number of likely N-dealkylation sites (N-methyl/N-ethyl adjacent to an activating group) is 2. The van der Waals surface area contributed by atoms with Gasteiger partial charge in [-0.15, -0.1) is 0 Å². The predicted molar refractivity (Wildman–Crippen MR) is 70.8 cm³/mol. The lowest BCUT2D eigenvalue weighted by Crippen LogP contribution is -2.47. The van der Waals surface area contributed by atoms with Gasteiger partial charge in [-0.2, -0.15) is 0 Å². The van der Waals surface area contributed by atoms with Gasteiger partial charge in [0.25, 0.3) is 0 Å². The molecule has 0 aliphatic heterocycles. The van der Waals surface area contributed by atoms with E-state index in [2.05, 4.69) is 0 Å². The number of nitrogens with two attached hydrogens (primary N) is 1. The monoisotopic (exact) mass is 255 g/mol. The number of rotatable bonds is 3. The maximum Gasteiger partial charge on any atom is 0.241 e. The summed E-state index contributed by atoms with van der Waals surface area (Å²) in [6, 6.07) is 0.102. The highest BCUT2D eigenvalue weighted by atomic mass is 16.2. The van der Waals surface area contributed by atoms with Crippen LogP contribution in [0.4, 0.5) is 0 Å². The third-order valence-corrected chi connectivity index (χ3v) is 3.93. The number of amides is 2. The summed E-state index contributed by atoms with van der Waals surface area (Å²) in [4.78, 5) is 26.9. The van der Waals surface area contributed by atoms with Crippen molar-refractivity contribution in [2.75, 3.05) is 27.7 Å². The molecule has 104 valence electrons. The normalized spacial score (nSPS) is 27.7. The molecule has 0 bridgehead atoms. The van der Waals surface area contributed by atoms with E-state index in [1.165, 1.54) is 9.80 Å². The Morgan fingerprint density at radius 1 is 1.22 bits per heavy atom. The zero-order chi connectivity index (χ0) is 13.9. The molecule has 2 N–H and O–H groups in total. The maximum atomic E-state index is 12.3. The Bertz CT molecular complexity index is 317. The second-order valence-corrected chi connectivity index (χ2v) is 5.54. The molecule has 2 amide bonds. The van der Waals surface area contributed by atoms with Crippen LogP contribution in [0, 0.1) is 11.8 Å². The van der Waals surface area contributed by atoms with E-state index in [1.807, 2.05) is 6.92 Å². The van der Waals surface area contributed by atoms with Gasteiger partial charge in [-0.1, -0.05) is 13.3 Å². The number of nitrogens with zero attached hydrogens (tertiary/aromatic N) is 2. The van der Waals surface area contributed by atoms with Crippen LogP contribution >= 0.6 is 0 Å². The average Bonchev–Trinajstić information content (AvgIpc) is 2.31. The fraction of sp³-hybridized carbons (Fsp3) is 0.846. The van der Waals surface area contributed by atoms with Gasteiger partial charge in [0, 0.05) is 33.1 Å². The Balaban J connectivity index is 2.60. The first-order valence-corrected chi connectivity index (χ1v) is 6.55. The SMILES string of the molecule is CC1C(N)CCCC1C(=O)N(C)CC(=O)N(C)C. The van der Waals surface area contributed by atoms with Gasteiger partial charge in [0.1, 0.15) is 0 Å². The van der Waals surface area contributed by atoms with Crippen molar-refractivity contribution < 1.29 is 9.59 Å². The van der Waals surface area contributed by atoms with E-state index in [0.29, 0.717) is 0 Å². The van der Waals surface area contributed by atoms with Crippen LogP contribution in [0.3, 0.4) is 0 Å². The second kappa shape index (κ2) is 6.18. The molecule has 3 atom stereocenters. The highest BCUT2D eigenvalue weighted by Crippen LogP contribution is 2.30. The summed E-state index contributed by atoms with van der Waals surface area (Å²) in [5, 5.41) is 0. The lowest BCUT2D eigenvalue weighted by molar-refractivity contribution is -0.142. The Morgan fingerprint density at radius 3 is 2.39 bits per heavy atom. The van der Waals surface area contributed by atoms with Crippen LogP contribution < -0.4 is 5.73 Å². The highest BCUT2D eigenvalue weighted by Gasteiger charge is 2.34. The van der Waals surface area contributed by atoms with E-state index >= 15 is 0 Å². The Labute approximate surface area is 109 Å². The first-order chi connectivity index (χ1) is 8.34. The van der Waals surface area contributed by atoms with Gasteiger partial charge in [-0.05, 0) is 18.8 Å². The minimum atomic E-state index is -0.0568. The van der Waals surface area contributed by atoms with E-state index in [-0.39, 0.29) is 36.2 Å². The predicted octanol–water partition coefficient (Wildman–Crippen LogP) is 0.297. The van der Waals surface area contributed by atoms with Gasteiger partial charge in [-0.25, -0.2) is 0 Å². The topological polar surface area (TPSA) is 66.6 Å². The molecule has 0 spiro atoms. The first kappa shape index (κ1) is 15.0. The summed E-state index contributed by atoms with van der Waals surface area (Å²) in [7, 11) is 5.08. The highest BCUT2D eigenvalue weighted by molar-refractivity contribution is 5.85. The summed E-state index contributed by atoms with van der Waals surface area (Å²) >= 11 is 0. The van der Waals surface area contributed by atoms with Crippen molar-refractivity contribution in [3.8, 4) is 0 Å². The van der Waals surface area contributed by atoms with Crippen molar-refractivity contribution in [1.82, 2.24) is 9.80 Å². The molecule has 0 aromatic heterocycles. The van der Waals surface area contributed by atoms with Crippen LogP contribution in [0.15, 0.2) is 0 Å². The van der Waals surface area contributed by atoms with Crippen LogP contribution in [0.25, 0.3) is 0 Å². The molecule has 0 aromatic carbocycles. The van der Waals surface area contributed by atoms with E-state index < -0.39 is 0 Å². The van der Waals surface area contributed by atoms with E-state index in [9.17, 15) is 9.59 Å². The van der Waals surface area contributed by atoms with Crippen molar-refractivity contribution in [1.29, 1.82) is 0 Å². The molecule has 5 heteroatoms. The molecule has 0 aromatic rings. The molecule has 1 fully saturated rings. The molecule has 3 unspecified atom stereocenters. The Hall–Kier alpha value is -1.10.